The first-order valence-electron chi connectivity index (χ1n) is 6.89. The van der Waals surface area contributed by atoms with Crippen molar-refractivity contribution in [2.45, 2.75) is 0 Å². The van der Waals surface area contributed by atoms with E-state index in [9.17, 15) is 5.26 Å². The van der Waals surface area contributed by atoms with Crippen LogP contribution in [0.3, 0.4) is 0 Å². The van der Waals surface area contributed by atoms with E-state index in [1.54, 1.807) is 6.08 Å². The fourth-order valence-corrected chi connectivity index (χ4v) is 2.45. The predicted octanol–water partition coefficient (Wildman–Crippen LogP) is 4.37. The van der Waals surface area contributed by atoms with Crippen molar-refractivity contribution in [2.75, 3.05) is 0 Å². The van der Waals surface area contributed by atoms with Crippen LogP contribution < -0.4 is 0 Å². The summed E-state index contributed by atoms with van der Waals surface area (Å²) in [5.74, 6) is 1.18. The number of nitriles is 1. The van der Waals surface area contributed by atoms with Crippen molar-refractivity contribution in [1.82, 2.24) is 9.97 Å². The van der Waals surface area contributed by atoms with E-state index in [2.05, 4.69) is 16.0 Å². The molecule has 0 fully saturated rings. The van der Waals surface area contributed by atoms with Crippen LogP contribution >= 0.6 is 0 Å². The van der Waals surface area contributed by atoms with Gasteiger partial charge < -0.3 is 9.40 Å². The molecule has 0 saturated carbocycles. The number of rotatable bonds is 2. The molecule has 4 rings (SSSR count). The molecule has 0 aliphatic heterocycles. The molecular formula is C18H11N3O. The van der Waals surface area contributed by atoms with Gasteiger partial charge in [-0.1, -0.05) is 30.3 Å². The maximum atomic E-state index is 9.42. The van der Waals surface area contributed by atoms with Crippen LogP contribution in [0.2, 0.25) is 0 Å². The second kappa shape index (κ2) is 4.90. The quantitative estimate of drug-likeness (QED) is 0.556. The summed E-state index contributed by atoms with van der Waals surface area (Å²) in [5, 5.41) is 10.4. The molecule has 0 aliphatic rings. The van der Waals surface area contributed by atoms with Crippen LogP contribution in [0.25, 0.3) is 33.7 Å². The molecule has 104 valence electrons. The Bertz CT molecular complexity index is 981. The Labute approximate surface area is 126 Å². The molecule has 0 atom stereocenters. The van der Waals surface area contributed by atoms with Crippen LogP contribution in [0.15, 0.2) is 59.0 Å². The van der Waals surface area contributed by atoms with Crippen molar-refractivity contribution in [2.24, 2.45) is 0 Å². The van der Waals surface area contributed by atoms with E-state index in [1.807, 2.05) is 54.6 Å². The Morgan fingerprint density at radius 3 is 2.77 bits per heavy atom. The van der Waals surface area contributed by atoms with Gasteiger partial charge in [0, 0.05) is 11.5 Å². The highest BCUT2D eigenvalue weighted by molar-refractivity contribution is 5.91. The number of aromatic nitrogens is 2. The molecule has 0 unspecified atom stereocenters. The molecule has 22 heavy (non-hydrogen) atoms. The molecule has 0 spiro atoms. The first-order chi connectivity index (χ1) is 10.8. The first-order valence-corrected chi connectivity index (χ1v) is 6.89. The number of nitrogens with one attached hydrogen (secondary N) is 1. The van der Waals surface area contributed by atoms with Crippen molar-refractivity contribution >= 4 is 33.7 Å². The van der Waals surface area contributed by atoms with E-state index in [4.69, 9.17) is 4.42 Å². The largest absolute Gasteiger partial charge is 0.457 e. The van der Waals surface area contributed by atoms with Gasteiger partial charge in [0.1, 0.15) is 23.2 Å². The van der Waals surface area contributed by atoms with Crippen molar-refractivity contribution < 1.29 is 4.42 Å². The topological polar surface area (TPSA) is 65.6 Å². The van der Waals surface area contributed by atoms with Gasteiger partial charge in [0.05, 0.1) is 16.6 Å². The van der Waals surface area contributed by atoms with Crippen molar-refractivity contribution in [3.8, 4) is 6.07 Å². The maximum Gasteiger partial charge on any atom is 0.149 e. The number of nitrogens with zero attached hydrogens (tertiary/aromatic N) is 2. The van der Waals surface area contributed by atoms with Gasteiger partial charge in [0.15, 0.2) is 0 Å². The number of hydrogen-bond acceptors (Lipinski definition) is 3. The number of benzene rings is 2. The zero-order valence-corrected chi connectivity index (χ0v) is 11.6. The Morgan fingerprint density at radius 1 is 1.14 bits per heavy atom. The third-order valence-electron chi connectivity index (χ3n) is 3.50. The van der Waals surface area contributed by atoms with Crippen molar-refractivity contribution in [3.63, 3.8) is 0 Å². The van der Waals surface area contributed by atoms with Crippen molar-refractivity contribution in [1.29, 1.82) is 5.26 Å². The van der Waals surface area contributed by atoms with Gasteiger partial charge in [-0.3, -0.25) is 0 Å². The molecule has 0 aliphatic carbocycles. The molecule has 2 aromatic carbocycles. The number of imidazole rings is 1. The summed E-state index contributed by atoms with van der Waals surface area (Å²) in [7, 11) is 0. The molecule has 2 heterocycles. The highest BCUT2D eigenvalue weighted by Gasteiger charge is 2.09. The molecule has 0 bridgehead atoms. The van der Waals surface area contributed by atoms with Gasteiger partial charge in [0.2, 0.25) is 0 Å². The molecule has 4 heteroatoms. The molecule has 0 saturated heterocycles. The number of para-hydroxylation sites is 3. The molecule has 4 nitrogen and oxygen atoms in total. The summed E-state index contributed by atoms with van der Waals surface area (Å²) in [4.78, 5) is 7.60. The highest BCUT2D eigenvalue weighted by Crippen LogP contribution is 2.23. The average molecular weight is 285 g/mol. The van der Waals surface area contributed by atoms with E-state index >= 15 is 0 Å². The third kappa shape index (κ3) is 2.05. The minimum Gasteiger partial charge on any atom is -0.457 e. The third-order valence-corrected chi connectivity index (χ3v) is 3.50. The summed E-state index contributed by atoms with van der Waals surface area (Å²) >= 11 is 0. The fraction of sp³-hybridized carbons (Fsp3) is 0. The van der Waals surface area contributed by atoms with E-state index < -0.39 is 0 Å². The summed E-state index contributed by atoms with van der Waals surface area (Å²) in [5.41, 5.74) is 2.98. The predicted molar refractivity (Wildman–Crippen MR) is 85.8 cm³/mol. The standard InChI is InChI=1S/C18H11N3O/c19-11-13(18-20-15-6-2-3-7-16(15)21-18)10-14-9-12-5-1-4-8-17(12)22-14/h1-10H,(H,20,21)/b13-10-. The Kier molecular flexibility index (Phi) is 2.77. The number of aromatic amines is 1. The summed E-state index contributed by atoms with van der Waals surface area (Å²) in [6.45, 7) is 0. The SMILES string of the molecule is N#C/C(=C/c1cc2ccccc2o1)c1nc2ccccc2[nH]1. The van der Waals surface area contributed by atoms with Crippen molar-refractivity contribution in [3.05, 3.63) is 66.2 Å². The molecule has 4 aromatic rings. The van der Waals surface area contributed by atoms with Crippen LogP contribution in [0.5, 0.6) is 0 Å². The minimum absolute atomic E-state index is 0.440. The highest BCUT2D eigenvalue weighted by atomic mass is 16.3. The summed E-state index contributed by atoms with van der Waals surface area (Å²) < 4.78 is 5.73. The monoisotopic (exact) mass is 285 g/mol. The van der Waals surface area contributed by atoms with Crippen LogP contribution in [-0.2, 0) is 0 Å². The van der Waals surface area contributed by atoms with Gasteiger partial charge in [0.25, 0.3) is 0 Å². The smallest absolute Gasteiger partial charge is 0.149 e. The second-order valence-corrected chi connectivity index (χ2v) is 4.96. The Hall–Kier alpha value is -3.32. The van der Waals surface area contributed by atoms with E-state index in [1.165, 1.54) is 0 Å². The number of furan rings is 1. The summed E-state index contributed by atoms with van der Waals surface area (Å²) in [6, 6.07) is 19.5. The number of allylic oxidation sites excluding steroid dienone is 1. The molecule has 1 N–H and O–H groups in total. The Morgan fingerprint density at radius 2 is 1.95 bits per heavy atom. The number of hydrogen-bond donors (Lipinski definition) is 1. The average Bonchev–Trinajstić information content (AvgIpc) is 3.15. The lowest BCUT2D eigenvalue weighted by Gasteiger charge is -1.91. The Balaban J connectivity index is 1.82. The van der Waals surface area contributed by atoms with Gasteiger partial charge in [-0.25, -0.2) is 4.98 Å². The molecule has 0 radical (unpaired) electrons. The lowest BCUT2D eigenvalue weighted by atomic mass is 10.2. The summed E-state index contributed by atoms with van der Waals surface area (Å²) in [6.07, 6.45) is 1.71. The molecule has 2 aromatic heterocycles. The molecule has 0 amide bonds. The van der Waals surface area contributed by atoms with Gasteiger partial charge in [-0.2, -0.15) is 5.26 Å². The van der Waals surface area contributed by atoms with Gasteiger partial charge in [-0.15, -0.1) is 0 Å². The lowest BCUT2D eigenvalue weighted by molar-refractivity contribution is 0.604. The zero-order valence-electron chi connectivity index (χ0n) is 11.6. The van der Waals surface area contributed by atoms with E-state index in [-0.39, 0.29) is 0 Å². The van der Waals surface area contributed by atoms with Gasteiger partial charge >= 0.3 is 0 Å². The van der Waals surface area contributed by atoms with Crippen LogP contribution in [0, 0.1) is 11.3 Å². The maximum absolute atomic E-state index is 9.42. The number of H-pyrrole nitrogens is 1. The van der Waals surface area contributed by atoms with Crippen LogP contribution in [-0.4, -0.2) is 9.97 Å². The van der Waals surface area contributed by atoms with Gasteiger partial charge in [-0.05, 0) is 24.3 Å². The first kappa shape index (κ1) is 12.4. The van der Waals surface area contributed by atoms with Crippen LogP contribution in [0.1, 0.15) is 11.6 Å². The fourth-order valence-electron chi connectivity index (χ4n) is 2.45. The zero-order chi connectivity index (χ0) is 14.9. The second-order valence-electron chi connectivity index (χ2n) is 4.96. The van der Waals surface area contributed by atoms with Crippen LogP contribution in [0.4, 0.5) is 0 Å². The number of fused-ring (bicyclic) bond motifs is 2. The normalized spacial score (nSPS) is 11.9. The lowest BCUT2D eigenvalue weighted by Crippen LogP contribution is -1.83. The minimum atomic E-state index is 0.440. The molecular weight excluding hydrogens is 274 g/mol. The van der Waals surface area contributed by atoms with E-state index in [0.717, 1.165) is 22.0 Å². The van der Waals surface area contributed by atoms with E-state index in [0.29, 0.717) is 17.2 Å².